The Bertz CT molecular complexity index is 616. The smallest absolute Gasteiger partial charge is 0.230 e. The first-order chi connectivity index (χ1) is 9.06. The number of hydrogen-bond donors (Lipinski definition) is 1. The molecule has 0 aliphatic rings. The van der Waals surface area contributed by atoms with E-state index in [0.29, 0.717) is 10.8 Å². The van der Waals surface area contributed by atoms with E-state index in [-0.39, 0.29) is 12.3 Å². The lowest BCUT2D eigenvalue weighted by Gasteiger charge is -2.07. The summed E-state index contributed by atoms with van der Waals surface area (Å²) in [6.07, 6.45) is 1.90. The van der Waals surface area contributed by atoms with Gasteiger partial charge in [-0.2, -0.15) is 0 Å². The van der Waals surface area contributed by atoms with Crippen LogP contribution >= 0.6 is 27.5 Å². The van der Waals surface area contributed by atoms with E-state index in [1.807, 2.05) is 31.2 Å². The van der Waals surface area contributed by atoms with E-state index >= 15 is 0 Å². The van der Waals surface area contributed by atoms with Crippen LogP contribution in [0.2, 0.25) is 5.02 Å². The molecule has 0 radical (unpaired) electrons. The highest BCUT2D eigenvalue weighted by Crippen LogP contribution is 2.18. The van der Waals surface area contributed by atoms with E-state index in [2.05, 4.69) is 26.2 Å². The molecule has 1 aromatic carbocycles. The minimum Gasteiger partial charge on any atom is -0.310 e. The fourth-order valence-corrected chi connectivity index (χ4v) is 2.03. The second-order valence-corrected chi connectivity index (χ2v) is 5.40. The van der Waals surface area contributed by atoms with Crippen LogP contribution in [0.3, 0.4) is 0 Å². The van der Waals surface area contributed by atoms with Gasteiger partial charge in [-0.05, 0) is 46.1 Å². The van der Waals surface area contributed by atoms with Gasteiger partial charge in [0.25, 0.3) is 0 Å². The number of aromatic nitrogens is 1. The van der Waals surface area contributed by atoms with Crippen molar-refractivity contribution in [2.75, 3.05) is 5.32 Å². The molecule has 1 aromatic heterocycles. The number of hydrogen-bond acceptors (Lipinski definition) is 2. The first kappa shape index (κ1) is 14.0. The fourth-order valence-electron chi connectivity index (χ4n) is 1.61. The van der Waals surface area contributed by atoms with Crippen LogP contribution in [-0.4, -0.2) is 10.9 Å². The molecule has 0 atom stereocenters. The van der Waals surface area contributed by atoms with E-state index in [4.69, 9.17) is 11.6 Å². The van der Waals surface area contributed by atoms with Crippen LogP contribution in [0.25, 0.3) is 0 Å². The molecule has 19 heavy (non-hydrogen) atoms. The van der Waals surface area contributed by atoms with Crippen LogP contribution < -0.4 is 5.32 Å². The lowest BCUT2D eigenvalue weighted by Crippen LogP contribution is -2.15. The topological polar surface area (TPSA) is 42.0 Å². The molecule has 0 unspecified atom stereocenters. The maximum Gasteiger partial charge on any atom is 0.230 e. The van der Waals surface area contributed by atoms with Crippen molar-refractivity contribution in [2.45, 2.75) is 13.3 Å². The zero-order valence-electron chi connectivity index (χ0n) is 10.3. The van der Waals surface area contributed by atoms with Gasteiger partial charge in [0, 0.05) is 15.7 Å². The van der Waals surface area contributed by atoms with Crippen LogP contribution in [0.1, 0.15) is 11.1 Å². The summed E-state index contributed by atoms with van der Waals surface area (Å²) < 4.78 is 0.914. The Morgan fingerprint density at radius 2 is 2.16 bits per heavy atom. The summed E-state index contributed by atoms with van der Waals surface area (Å²) in [6.45, 7) is 1.94. The second-order valence-electron chi connectivity index (χ2n) is 4.14. The van der Waals surface area contributed by atoms with Crippen molar-refractivity contribution in [2.24, 2.45) is 0 Å². The van der Waals surface area contributed by atoms with Gasteiger partial charge in [-0.3, -0.25) is 4.79 Å². The maximum atomic E-state index is 11.9. The van der Waals surface area contributed by atoms with Crippen LogP contribution in [0.4, 0.5) is 5.82 Å². The van der Waals surface area contributed by atoms with Crippen molar-refractivity contribution in [3.8, 4) is 0 Å². The molecule has 3 nitrogen and oxygen atoms in total. The monoisotopic (exact) mass is 338 g/mol. The van der Waals surface area contributed by atoms with Crippen molar-refractivity contribution in [1.29, 1.82) is 0 Å². The van der Waals surface area contributed by atoms with Crippen molar-refractivity contribution in [1.82, 2.24) is 4.98 Å². The molecule has 5 heteroatoms. The van der Waals surface area contributed by atoms with Gasteiger partial charge < -0.3 is 5.32 Å². The number of benzene rings is 1. The van der Waals surface area contributed by atoms with Crippen molar-refractivity contribution < 1.29 is 4.79 Å². The predicted octanol–water partition coefficient (Wildman–Crippen LogP) is 3.99. The van der Waals surface area contributed by atoms with Gasteiger partial charge in [0.2, 0.25) is 5.91 Å². The molecule has 0 aliphatic heterocycles. The summed E-state index contributed by atoms with van der Waals surface area (Å²) in [4.78, 5) is 16.0. The molecule has 1 amide bonds. The van der Waals surface area contributed by atoms with E-state index in [1.54, 1.807) is 12.3 Å². The lowest BCUT2D eigenvalue weighted by molar-refractivity contribution is -0.115. The molecule has 2 rings (SSSR count). The van der Waals surface area contributed by atoms with E-state index in [1.165, 1.54) is 0 Å². The Kier molecular flexibility index (Phi) is 4.56. The van der Waals surface area contributed by atoms with Crippen LogP contribution in [0, 0.1) is 6.92 Å². The standard InChI is InChI=1S/C14H12BrClN2O/c1-9-6-13(17-8-11(9)15)18-14(19)7-10-4-2-3-5-12(10)16/h2-6,8H,7H2,1H3,(H,17,18,19). The highest BCUT2D eigenvalue weighted by Gasteiger charge is 2.08. The number of nitrogens with zero attached hydrogens (tertiary/aromatic N) is 1. The van der Waals surface area contributed by atoms with Crippen molar-refractivity contribution in [3.05, 3.63) is 57.2 Å². The number of pyridine rings is 1. The molecule has 1 N–H and O–H groups in total. The third-order valence-electron chi connectivity index (χ3n) is 2.62. The fraction of sp³-hybridized carbons (Fsp3) is 0.143. The van der Waals surface area contributed by atoms with E-state index in [0.717, 1.165) is 15.6 Å². The Morgan fingerprint density at radius 1 is 1.42 bits per heavy atom. The Hall–Kier alpha value is -1.39. The first-order valence-electron chi connectivity index (χ1n) is 5.71. The van der Waals surface area contributed by atoms with Crippen LogP contribution in [0.15, 0.2) is 41.0 Å². The SMILES string of the molecule is Cc1cc(NC(=O)Cc2ccccc2Cl)ncc1Br. The highest BCUT2D eigenvalue weighted by atomic mass is 79.9. The molecule has 0 bridgehead atoms. The van der Waals surface area contributed by atoms with Crippen molar-refractivity contribution in [3.63, 3.8) is 0 Å². The highest BCUT2D eigenvalue weighted by molar-refractivity contribution is 9.10. The molecule has 0 fully saturated rings. The van der Waals surface area contributed by atoms with Crippen LogP contribution in [0.5, 0.6) is 0 Å². The Labute approximate surface area is 125 Å². The average molecular weight is 340 g/mol. The molecule has 0 spiro atoms. The molecule has 0 saturated carbocycles. The third kappa shape index (κ3) is 3.78. The number of nitrogens with one attached hydrogen (secondary N) is 1. The van der Waals surface area contributed by atoms with Gasteiger partial charge >= 0.3 is 0 Å². The molecule has 0 saturated heterocycles. The van der Waals surface area contributed by atoms with Crippen molar-refractivity contribution >= 4 is 39.3 Å². The third-order valence-corrected chi connectivity index (χ3v) is 3.82. The predicted molar refractivity (Wildman–Crippen MR) is 80.5 cm³/mol. The Balaban J connectivity index is 2.05. The number of amides is 1. The summed E-state index contributed by atoms with van der Waals surface area (Å²) in [7, 11) is 0. The van der Waals surface area contributed by atoms with E-state index < -0.39 is 0 Å². The molecular weight excluding hydrogens is 328 g/mol. The van der Waals surface area contributed by atoms with Gasteiger partial charge in [-0.15, -0.1) is 0 Å². The number of carbonyl (C=O) groups is 1. The summed E-state index contributed by atoms with van der Waals surface area (Å²) in [5.74, 6) is 0.403. The quantitative estimate of drug-likeness (QED) is 0.919. The molecule has 98 valence electrons. The zero-order chi connectivity index (χ0) is 13.8. The zero-order valence-corrected chi connectivity index (χ0v) is 12.6. The molecule has 0 aliphatic carbocycles. The second kappa shape index (κ2) is 6.17. The molecular formula is C14H12BrClN2O. The van der Waals surface area contributed by atoms with E-state index in [9.17, 15) is 4.79 Å². The van der Waals surface area contributed by atoms with Gasteiger partial charge in [-0.25, -0.2) is 4.98 Å². The van der Waals surface area contributed by atoms with Gasteiger partial charge in [0.1, 0.15) is 5.82 Å². The largest absolute Gasteiger partial charge is 0.310 e. The number of halogens is 2. The summed E-state index contributed by atoms with van der Waals surface area (Å²) in [5.41, 5.74) is 1.82. The normalized spacial score (nSPS) is 10.3. The summed E-state index contributed by atoms with van der Waals surface area (Å²) >= 11 is 9.38. The number of carbonyl (C=O) groups excluding carboxylic acids is 1. The molecule has 1 heterocycles. The minimum atomic E-state index is -0.137. The first-order valence-corrected chi connectivity index (χ1v) is 6.89. The van der Waals surface area contributed by atoms with Crippen LogP contribution in [-0.2, 0) is 11.2 Å². The summed E-state index contributed by atoms with van der Waals surface area (Å²) in [5, 5.41) is 3.35. The number of aryl methyl sites for hydroxylation is 1. The molecule has 2 aromatic rings. The van der Waals surface area contributed by atoms with Gasteiger partial charge in [-0.1, -0.05) is 29.8 Å². The Morgan fingerprint density at radius 3 is 2.84 bits per heavy atom. The maximum absolute atomic E-state index is 11.9. The van der Waals surface area contributed by atoms with Gasteiger partial charge in [0.15, 0.2) is 0 Å². The average Bonchev–Trinajstić information content (AvgIpc) is 2.37. The number of rotatable bonds is 3. The summed E-state index contributed by atoms with van der Waals surface area (Å²) in [6, 6.07) is 9.11. The minimum absolute atomic E-state index is 0.137. The lowest BCUT2D eigenvalue weighted by atomic mass is 10.1. The number of anilines is 1. The van der Waals surface area contributed by atoms with Gasteiger partial charge in [0.05, 0.1) is 6.42 Å².